The third-order valence-electron chi connectivity index (χ3n) is 4.62. The van der Waals surface area contributed by atoms with E-state index in [1.807, 2.05) is 0 Å². The van der Waals surface area contributed by atoms with Crippen LogP contribution in [0.2, 0.25) is 5.02 Å². The lowest BCUT2D eigenvalue weighted by Gasteiger charge is -2.23. The maximum absolute atomic E-state index is 13.7. The number of anilines is 1. The number of hydrogen-bond acceptors (Lipinski definition) is 2. The van der Waals surface area contributed by atoms with Crippen molar-refractivity contribution in [1.29, 1.82) is 0 Å². The third kappa shape index (κ3) is 6.27. The molecule has 0 aliphatic rings. The number of nitrogens with zero attached hydrogens (tertiary/aromatic N) is 1. The molecule has 4 nitrogen and oxygen atoms in total. The summed E-state index contributed by atoms with van der Waals surface area (Å²) in [6.07, 6.45) is 1.84. The Labute approximate surface area is 186 Å². The number of halogens is 2. The van der Waals surface area contributed by atoms with Gasteiger partial charge in [0.25, 0.3) is 5.91 Å². The zero-order chi connectivity index (χ0) is 22.2. The molecule has 1 N–H and O–H groups in total. The number of nitrogens with one attached hydrogen (secondary N) is 1. The van der Waals surface area contributed by atoms with Crippen molar-refractivity contribution in [3.05, 3.63) is 113 Å². The molecule has 0 unspecified atom stereocenters. The SMILES string of the molecule is C=CCNC(=O)Cc1ccc(N(Cc2cccc(F)c2)C(=O)c2ccc(Cl)cc2)cc1. The average Bonchev–Trinajstić information content (AvgIpc) is 2.77. The first-order valence-electron chi connectivity index (χ1n) is 9.74. The number of carbonyl (C=O) groups is 2. The maximum atomic E-state index is 13.7. The van der Waals surface area contributed by atoms with E-state index < -0.39 is 0 Å². The molecule has 0 aliphatic carbocycles. The summed E-state index contributed by atoms with van der Waals surface area (Å²) >= 11 is 5.95. The predicted octanol–water partition coefficient (Wildman–Crippen LogP) is 5.17. The summed E-state index contributed by atoms with van der Waals surface area (Å²) < 4.78 is 13.7. The van der Waals surface area contributed by atoms with Gasteiger partial charge in [-0.3, -0.25) is 9.59 Å². The van der Waals surface area contributed by atoms with Gasteiger partial charge in [-0.05, 0) is 59.7 Å². The molecule has 0 saturated heterocycles. The summed E-state index contributed by atoms with van der Waals surface area (Å²) in [6.45, 7) is 4.18. The lowest BCUT2D eigenvalue weighted by Crippen LogP contribution is -2.30. The van der Waals surface area contributed by atoms with Crippen LogP contribution >= 0.6 is 11.6 Å². The van der Waals surface area contributed by atoms with Gasteiger partial charge in [-0.1, -0.05) is 41.9 Å². The van der Waals surface area contributed by atoms with E-state index in [0.29, 0.717) is 28.4 Å². The summed E-state index contributed by atoms with van der Waals surface area (Å²) in [5.74, 6) is -0.712. The number of rotatable bonds is 8. The van der Waals surface area contributed by atoms with E-state index in [2.05, 4.69) is 11.9 Å². The van der Waals surface area contributed by atoms with Gasteiger partial charge in [-0.2, -0.15) is 0 Å². The van der Waals surface area contributed by atoms with Crippen LogP contribution in [0, 0.1) is 5.82 Å². The average molecular weight is 437 g/mol. The highest BCUT2D eigenvalue weighted by atomic mass is 35.5. The Morgan fingerprint density at radius 3 is 2.35 bits per heavy atom. The van der Waals surface area contributed by atoms with Gasteiger partial charge >= 0.3 is 0 Å². The molecule has 158 valence electrons. The van der Waals surface area contributed by atoms with Gasteiger partial charge < -0.3 is 10.2 Å². The molecule has 0 radical (unpaired) electrons. The standard InChI is InChI=1S/C25H22ClFN2O2/c1-2-14-28-24(30)16-18-6-12-23(13-7-18)29(17-19-4-3-5-22(27)15-19)25(31)20-8-10-21(26)11-9-20/h2-13,15H,1,14,16-17H2,(H,28,30). The number of amides is 2. The summed E-state index contributed by atoms with van der Waals surface area (Å²) in [5.41, 5.74) is 2.58. The second-order valence-electron chi connectivity index (χ2n) is 6.96. The van der Waals surface area contributed by atoms with E-state index in [0.717, 1.165) is 5.56 Å². The summed E-state index contributed by atoms with van der Waals surface area (Å²) in [5, 5.41) is 3.27. The van der Waals surface area contributed by atoms with Crippen LogP contribution in [0.4, 0.5) is 10.1 Å². The molecule has 6 heteroatoms. The topological polar surface area (TPSA) is 49.4 Å². The molecule has 0 aliphatic heterocycles. The minimum atomic E-state index is -0.364. The van der Waals surface area contributed by atoms with Crippen molar-refractivity contribution in [1.82, 2.24) is 5.32 Å². The Balaban J connectivity index is 1.86. The van der Waals surface area contributed by atoms with E-state index in [1.165, 1.54) is 12.1 Å². The lowest BCUT2D eigenvalue weighted by atomic mass is 10.1. The van der Waals surface area contributed by atoms with Crippen molar-refractivity contribution >= 4 is 29.1 Å². The number of carbonyl (C=O) groups excluding carboxylic acids is 2. The molecular formula is C25H22ClFN2O2. The molecule has 3 aromatic rings. The van der Waals surface area contributed by atoms with Crippen molar-refractivity contribution < 1.29 is 14.0 Å². The van der Waals surface area contributed by atoms with Crippen molar-refractivity contribution in [2.24, 2.45) is 0 Å². The minimum Gasteiger partial charge on any atom is -0.352 e. The van der Waals surface area contributed by atoms with E-state index in [9.17, 15) is 14.0 Å². The van der Waals surface area contributed by atoms with Crippen LogP contribution in [-0.4, -0.2) is 18.4 Å². The highest BCUT2D eigenvalue weighted by Crippen LogP contribution is 2.22. The Morgan fingerprint density at radius 2 is 1.71 bits per heavy atom. The Morgan fingerprint density at radius 1 is 1.00 bits per heavy atom. The predicted molar refractivity (Wildman–Crippen MR) is 122 cm³/mol. The fourth-order valence-corrected chi connectivity index (χ4v) is 3.20. The van der Waals surface area contributed by atoms with Crippen LogP contribution < -0.4 is 10.2 Å². The van der Waals surface area contributed by atoms with E-state index >= 15 is 0 Å². The van der Waals surface area contributed by atoms with Crippen LogP contribution in [0.1, 0.15) is 21.5 Å². The molecule has 31 heavy (non-hydrogen) atoms. The van der Waals surface area contributed by atoms with Crippen molar-refractivity contribution in [2.45, 2.75) is 13.0 Å². The Hall–Kier alpha value is -3.44. The highest BCUT2D eigenvalue weighted by Gasteiger charge is 2.19. The maximum Gasteiger partial charge on any atom is 0.258 e. The highest BCUT2D eigenvalue weighted by molar-refractivity contribution is 6.30. The van der Waals surface area contributed by atoms with E-state index in [-0.39, 0.29) is 30.6 Å². The van der Waals surface area contributed by atoms with Gasteiger partial charge in [0.2, 0.25) is 5.91 Å². The van der Waals surface area contributed by atoms with Crippen LogP contribution in [0.3, 0.4) is 0 Å². The molecule has 0 saturated carbocycles. The van der Waals surface area contributed by atoms with Crippen molar-refractivity contribution in [3.63, 3.8) is 0 Å². The summed E-state index contributed by atoms with van der Waals surface area (Å²) in [4.78, 5) is 26.7. The first-order valence-corrected chi connectivity index (χ1v) is 10.1. The largest absolute Gasteiger partial charge is 0.352 e. The Bertz CT molecular complexity index is 1070. The normalized spacial score (nSPS) is 10.4. The summed E-state index contributed by atoms with van der Waals surface area (Å²) in [6, 6.07) is 19.9. The van der Waals surface area contributed by atoms with Gasteiger partial charge in [-0.25, -0.2) is 4.39 Å². The van der Waals surface area contributed by atoms with E-state index in [4.69, 9.17) is 11.6 Å². The molecule has 3 rings (SSSR count). The van der Waals surface area contributed by atoms with Crippen LogP contribution in [0.25, 0.3) is 0 Å². The van der Waals surface area contributed by atoms with Crippen LogP contribution in [0.15, 0.2) is 85.5 Å². The smallest absolute Gasteiger partial charge is 0.258 e. The van der Waals surface area contributed by atoms with Crippen molar-refractivity contribution in [3.8, 4) is 0 Å². The second kappa shape index (κ2) is 10.5. The van der Waals surface area contributed by atoms with Gasteiger partial charge in [0, 0.05) is 22.8 Å². The molecule has 3 aromatic carbocycles. The zero-order valence-corrected chi connectivity index (χ0v) is 17.6. The summed E-state index contributed by atoms with van der Waals surface area (Å²) in [7, 11) is 0. The molecule has 0 bridgehead atoms. The Kier molecular flexibility index (Phi) is 7.57. The first-order chi connectivity index (χ1) is 15.0. The third-order valence-corrected chi connectivity index (χ3v) is 4.87. The molecule has 0 aromatic heterocycles. The second-order valence-corrected chi connectivity index (χ2v) is 7.40. The molecular weight excluding hydrogens is 415 g/mol. The van der Waals surface area contributed by atoms with Crippen LogP contribution in [0.5, 0.6) is 0 Å². The molecule has 0 atom stereocenters. The van der Waals surface area contributed by atoms with Gasteiger partial charge in [0.15, 0.2) is 0 Å². The fourth-order valence-electron chi connectivity index (χ4n) is 3.07. The zero-order valence-electron chi connectivity index (χ0n) is 16.9. The lowest BCUT2D eigenvalue weighted by molar-refractivity contribution is -0.120. The number of hydrogen-bond donors (Lipinski definition) is 1. The molecule has 0 spiro atoms. The fraction of sp³-hybridized carbons (Fsp3) is 0.120. The van der Waals surface area contributed by atoms with Gasteiger partial charge in [0.05, 0.1) is 13.0 Å². The first kappa shape index (κ1) is 22.2. The number of benzene rings is 3. The van der Waals surface area contributed by atoms with E-state index in [1.54, 1.807) is 71.6 Å². The monoisotopic (exact) mass is 436 g/mol. The van der Waals surface area contributed by atoms with Gasteiger partial charge in [-0.15, -0.1) is 6.58 Å². The molecule has 2 amide bonds. The van der Waals surface area contributed by atoms with Crippen LogP contribution in [-0.2, 0) is 17.8 Å². The quantitative estimate of drug-likeness (QED) is 0.495. The molecule has 0 fully saturated rings. The van der Waals surface area contributed by atoms with Crippen molar-refractivity contribution in [2.75, 3.05) is 11.4 Å². The minimum absolute atomic E-state index is 0.110. The van der Waals surface area contributed by atoms with Gasteiger partial charge in [0.1, 0.15) is 5.82 Å². The molecule has 0 heterocycles.